The van der Waals surface area contributed by atoms with Crippen LogP contribution in [0.5, 0.6) is 11.5 Å². The largest absolute Gasteiger partial charge is 0.487 e. The number of benzene rings is 3. The van der Waals surface area contributed by atoms with Gasteiger partial charge in [-0.25, -0.2) is 13.2 Å². The van der Waals surface area contributed by atoms with Gasteiger partial charge in [-0.1, -0.05) is 60.7 Å². The molecule has 2 aliphatic heterocycles. The molecule has 3 aromatic carbocycles. The SMILES string of the molecule is O=C(Oc1ccc(CS(=O)(=O)Cc2ccccc2)cc1)N1CCC2(CCc3ccccc3O2)CC1. The molecule has 0 atom stereocenters. The van der Waals surface area contributed by atoms with Crippen molar-refractivity contribution < 1.29 is 22.7 Å². The number of fused-ring (bicyclic) bond motifs is 1. The fourth-order valence-electron chi connectivity index (χ4n) is 4.86. The highest BCUT2D eigenvalue weighted by molar-refractivity contribution is 7.89. The van der Waals surface area contributed by atoms with E-state index in [1.165, 1.54) is 5.56 Å². The maximum absolute atomic E-state index is 12.7. The number of aryl methyl sites for hydroxylation is 1. The molecule has 2 aliphatic rings. The van der Waals surface area contributed by atoms with E-state index in [1.54, 1.807) is 29.2 Å². The summed E-state index contributed by atoms with van der Waals surface area (Å²) in [6.45, 7) is 1.16. The van der Waals surface area contributed by atoms with E-state index in [-0.39, 0.29) is 23.2 Å². The normalized spacial score (nSPS) is 16.9. The number of ether oxygens (including phenoxy) is 2. The Bertz CT molecular complexity index is 1280. The van der Waals surface area contributed by atoms with Crippen molar-refractivity contribution in [2.24, 2.45) is 0 Å². The van der Waals surface area contributed by atoms with Gasteiger partial charge in [0.15, 0.2) is 9.84 Å². The van der Waals surface area contributed by atoms with Gasteiger partial charge in [0.1, 0.15) is 17.1 Å². The Hall–Kier alpha value is -3.32. The third-order valence-corrected chi connectivity index (χ3v) is 8.37. The number of sulfone groups is 1. The van der Waals surface area contributed by atoms with Crippen LogP contribution in [-0.2, 0) is 27.8 Å². The average Bonchev–Trinajstić information content (AvgIpc) is 2.86. The van der Waals surface area contributed by atoms with Crippen LogP contribution in [0.1, 0.15) is 36.0 Å². The van der Waals surface area contributed by atoms with Gasteiger partial charge >= 0.3 is 6.09 Å². The number of piperidine rings is 1. The van der Waals surface area contributed by atoms with Crippen molar-refractivity contribution in [3.05, 3.63) is 95.6 Å². The second kappa shape index (κ2) is 9.74. The predicted octanol–water partition coefficient (Wildman–Crippen LogP) is 5.16. The predicted molar refractivity (Wildman–Crippen MR) is 134 cm³/mol. The number of nitrogens with zero attached hydrogens (tertiary/aromatic N) is 1. The molecule has 1 saturated heterocycles. The molecule has 0 unspecified atom stereocenters. The minimum atomic E-state index is -3.30. The summed E-state index contributed by atoms with van der Waals surface area (Å²) in [7, 11) is -3.30. The Morgan fingerprint density at radius 3 is 2.17 bits per heavy atom. The van der Waals surface area contributed by atoms with Gasteiger partial charge in [-0.05, 0) is 47.7 Å². The molecule has 1 fully saturated rings. The third kappa shape index (κ3) is 5.68. The Labute approximate surface area is 206 Å². The van der Waals surface area contributed by atoms with Crippen LogP contribution in [0, 0.1) is 0 Å². The summed E-state index contributed by atoms with van der Waals surface area (Å²) in [4.78, 5) is 14.4. The summed E-state index contributed by atoms with van der Waals surface area (Å²) in [5, 5.41) is 0. The maximum Gasteiger partial charge on any atom is 0.415 e. The molecular weight excluding hydrogens is 462 g/mol. The molecule has 35 heavy (non-hydrogen) atoms. The molecule has 0 aliphatic carbocycles. The molecule has 0 N–H and O–H groups in total. The second-order valence-corrected chi connectivity index (χ2v) is 11.5. The zero-order valence-corrected chi connectivity index (χ0v) is 20.4. The molecule has 3 aromatic rings. The summed E-state index contributed by atoms with van der Waals surface area (Å²) in [5.74, 6) is 1.30. The second-order valence-electron chi connectivity index (χ2n) is 9.41. The van der Waals surface area contributed by atoms with Gasteiger partial charge in [-0.15, -0.1) is 0 Å². The van der Waals surface area contributed by atoms with Gasteiger partial charge in [0.2, 0.25) is 0 Å². The Morgan fingerprint density at radius 2 is 1.46 bits per heavy atom. The highest BCUT2D eigenvalue weighted by Crippen LogP contribution is 2.39. The number of hydrogen-bond acceptors (Lipinski definition) is 5. The van der Waals surface area contributed by atoms with Crippen LogP contribution in [0.25, 0.3) is 0 Å². The van der Waals surface area contributed by atoms with Crippen LogP contribution >= 0.6 is 0 Å². The number of amides is 1. The zero-order chi connectivity index (χ0) is 24.3. The molecule has 1 spiro atoms. The molecule has 0 aromatic heterocycles. The number of carbonyl (C=O) groups is 1. The molecule has 5 rings (SSSR count). The topological polar surface area (TPSA) is 72.9 Å². The highest BCUT2D eigenvalue weighted by atomic mass is 32.2. The lowest BCUT2D eigenvalue weighted by molar-refractivity contribution is -0.00949. The molecule has 0 radical (unpaired) electrons. The number of hydrogen-bond donors (Lipinski definition) is 0. The van der Waals surface area contributed by atoms with E-state index in [0.29, 0.717) is 24.4 Å². The van der Waals surface area contributed by atoms with Crippen molar-refractivity contribution in [3.8, 4) is 11.5 Å². The summed E-state index contributed by atoms with van der Waals surface area (Å²) >= 11 is 0. The number of rotatable bonds is 5. The van der Waals surface area contributed by atoms with Gasteiger partial charge in [-0.3, -0.25) is 0 Å². The van der Waals surface area contributed by atoms with E-state index in [1.807, 2.05) is 48.5 Å². The number of carbonyl (C=O) groups excluding carboxylic acids is 1. The first-order chi connectivity index (χ1) is 16.9. The molecule has 1 amide bonds. The van der Waals surface area contributed by atoms with E-state index in [9.17, 15) is 13.2 Å². The zero-order valence-electron chi connectivity index (χ0n) is 19.6. The molecule has 6 nitrogen and oxygen atoms in total. The summed E-state index contributed by atoms with van der Waals surface area (Å²) < 4.78 is 37.0. The standard InChI is InChI=1S/C28H29NO5S/c30-27(29-18-16-28(17-19-29)15-14-24-8-4-5-9-26(24)34-28)33-25-12-10-23(11-13-25)21-35(31,32)20-22-6-2-1-3-7-22/h1-13H,14-21H2. The van der Waals surface area contributed by atoms with Crippen molar-refractivity contribution in [1.82, 2.24) is 4.90 Å². The minimum Gasteiger partial charge on any atom is -0.487 e. The highest BCUT2D eigenvalue weighted by Gasteiger charge is 2.40. The lowest BCUT2D eigenvalue weighted by atomic mass is 9.83. The van der Waals surface area contributed by atoms with E-state index in [2.05, 4.69) is 6.07 Å². The van der Waals surface area contributed by atoms with E-state index in [4.69, 9.17) is 9.47 Å². The fraction of sp³-hybridized carbons (Fsp3) is 0.321. The molecule has 7 heteroatoms. The number of likely N-dealkylation sites (tertiary alicyclic amines) is 1. The molecule has 182 valence electrons. The first-order valence-electron chi connectivity index (χ1n) is 12.0. The molecular formula is C28H29NO5S. The maximum atomic E-state index is 12.7. The van der Waals surface area contributed by atoms with Gasteiger partial charge in [0, 0.05) is 25.9 Å². The van der Waals surface area contributed by atoms with Gasteiger partial charge < -0.3 is 14.4 Å². The van der Waals surface area contributed by atoms with Gasteiger partial charge in [-0.2, -0.15) is 0 Å². The van der Waals surface area contributed by atoms with Crippen molar-refractivity contribution >= 4 is 15.9 Å². The van der Waals surface area contributed by atoms with Crippen molar-refractivity contribution in [2.75, 3.05) is 13.1 Å². The van der Waals surface area contributed by atoms with Crippen molar-refractivity contribution in [3.63, 3.8) is 0 Å². The first-order valence-corrected chi connectivity index (χ1v) is 13.8. The Morgan fingerprint density at radius 1 is 0.829 bits per heavy atom. The Kier molecular flexibility index (Phi) is 6.52. The molecule has 0 saturated carbocycles. The van der Waals surface area contributed by atoms with Crippen LogP contribution in [0.2, 0.25) is 0 Å². The third-order valence-electron chi connectivity index (χ3n) is 6.83. The fourth-order valence-corrected chi connectivity index (χ4v) is 6.36. The van der Waals surface area contributed by atoms with Crippen LogP contribution in [0.3, 0.4) is 0 Å². The van der Waals surface area contributed by atoms with E-state index >= 15 is 0 Å². The van der Waals surface area contributed by atoms with Gasteiger partial charge in [0.25, 0.3) is 0 Å². The van der Waals surface area contributed by atoms with Crippen molar-refractivity contribution in [1.29, 1.82) is 0 Å². The number of para-hydroxylation sites is 1. The van der Waals surface area contributed by atoms with E-state index < -0.39 is 9.84 Å². The van der Waals surface area contributed by atoms with Crippen LogP contribution in [0.15, 0.2) is 78.9 Å². The molecule has 2 heterocycles. The Balaban J connectivity index is 1.13. The van der Waals surface area contributed by atoms with Gasteiger partial charge in [0.05, 0.1) is 11.5 Å². The quantitative estimate of drug-likeness (QED) is 0.493. The summed E-state index contributed by atoms with van der Waals surface area (Å²) in [6, 6.07) is 24.0. The van der Waals surface area contributed by atoms with E-state index in [0.717, 1.165) is 37.0 Å². The average molecular weight is 492 g/mol. The van der Waals surface area contributed by atoms with Crippen LogP contribution < -0.4 is 9.47 Å². The van der Waals surface area contributed by atoms with Crippen molar-refractivity contribution in [2.45, 2.75) is 42.8 Å². The lowest BCUT2D eigenvalue weighted by Gasteiger charge is -2.44. The summed E-state index contributed by atoms with van der Waals surface area (Å²) in [6.07, 6.45) is 3.11. The van der Waals surface area contributed by atoms with Crippen LogP contribution in [-0.4, -0.2) is 38.1 Å². The summed E-state index contributed by atoms with van der Waals surface area (Å²) in [5.41, 5.74) is 2.47. The minimum absolute atomic E-state index is 0.00364. The smallest absolute Gasteiger partial charge is 0.415 e. The molecule has 0 bridgehead atoms. The first kappa shape index (κ1) is 23.4. The lowest BCUT2D eigenvalue weighted by Crippen LogP contribution is -2.51. The monoisotopic (exact) mass is 491 g/mol. The van der Waals surface area contributed by atoms with Crippen LogP contribution in [0.4, 0.5) is 4.79 Å².